The number of hydrogen-bond acceptors (Lipinski definition) is 5. The Balaban J connectivity index is 1.80. The summed E-state index contributed by atoms with van der Waals surface area (Å²) in [5.74, 6) is 2.31. The summed E-state index contributed by atoms with van der Waals surface area (Å²) in [7, 11) is 0. The Morgan fingerprint density at radius 2 is 1.88 bits per heavy atom. The highest BCUT2D eigenvalue weighted by Gasteiger charge is 2.33. The molecule has 5 nitrogen and oxygen atoms in total. The van der Waals surface area contributed by atoms with Crippen molar-refractivity contribution in [2.24, 2.45) is 11.8 Å². The molecule has 0 spiro atoms. The smallest absolute Gasteiger partial charge is 0.230 e. The summed E-state index contributed by atoms with van der Waals surface area (Å²) in [5.41, 5.74) is 1.21. The van der Waals surface area contributed by atoms with Gasteiger partial charge in [0, 0.05) is 19.5 Å². The maximum Gasteiger partial charge on any atom is 0.230 e. The predicted octanol–water partition coefficient (Wildman–Crippen LogP) is 4.13. The molecular formula is C20H26N4OS. The molecule has 3 atom stereocenters. The topological polar surface area (TPSA) is 53.7 Å². The van der Waals surface area contributed by atoms with Gasteiger partial charge in [-0.1, -0.05) is 62.4 Å². The van der Waals surface area contributed by atoms with Crippen LogP contribution < -0.4 is 0 Å². The number of fused-ring (bicyclic) bond motifs is 1. The molecule has 4 rings (SSSR count). The lowest BCUT2D eigenvalue weighted by atomic mass is 9.89. The number of likely N-dealkylation sites (tertiary alicyclic amines) is 1. The van der Waals surface area contributed by atoms with Crippen LogP contribution in [0.2, 0.25) is 0 Å². The van der Waals surface area contributed by atoms with Crippen LogP contribution in [-0.4, -0.2) is 37.7 Å². The number of thiazole rings is 1. The number of piperidine rings is 1. The zero-order valence-electron chi connectivity index (χ0n) is 15.6. The highest BCUT2D eigenvalue weighted by Crippen LogP contribution is 2.41. The first kappa shape index (κ1) is 17.5. The van der Waals surface area contributed by atoms with Gasteiger partial charge in [-0.3, -0.25) is 4.90 Å². The maximum absolute atomic E-state index is 10.9. The van der Waals surface area contributed by atoms with E-state index in [1.807, 2.05) is 13.0 Å². The number of rotatable bonds is 4. The molecule has 0 radical (unpaired) electrons. The van der Waals surface area contributed by atoms with Crippen LogP contribution in [-0.2, 0) is 6.42 Å². The second-order valence-corrected chi connectivity index (χ2v) is 8.59. The van der Waals surface area contributed by atoms with Crippen LogP contribution in [0.15, 0.2) is 30.3 Å². The minimum Gasteiger partial charge on any atom is -0.492 e. The van der Waals surface area contributed by atoms with Gasteiger partial charge in [0.25, 0.3) is 0 Å². The number of hydrogen-bond donors (Lipinski definition) is 1. The van der Waals surface area contributed by atoms with E-state index in [-0.39, 0.29) is 11.9 Å². The van der Waals surface area contributed by atoms with Crippen LogP contribution in [0.3, 0.4) is 0 Å². The molecule has 0 unspecified atom stereocenters. The summed E-state index contributed by atoms with van der Waals surface area (Å²) in [6, 6.07) is 10.5. The third-order valence-corrected chi connectivity index (χ3v) is 6.26. The van der Waals surface area contributed by atoms with Crippen molar-refractivity contribution in [3.05, 3.63) is 46.6 Å². The Morgan fingerprint density at radius 3 is 2.50 bits per heavy atom. The SMILES string of the molecule is CCc1nc2sc([C@@H](c3ccccc3)N3C[C@H](C)C[C@H](C)C3)c(O)n2n1. The van der Waals surface area contributed by atoms with E-state index in [9.17, 15) is 5.11 Å². The van der Waals surface area contributed by atoms with E-state index in [0.717, 1.165) is 35.2 Å². The van der Waals surface area contributed by atoms with Crippen molar-refractivity contribution in [3.8, 4) is 5.88 Å². The number of aryl methyl sites for hydroxylation is 1. The zero-order chi connectivity index (χ0) is 18.3. The monoisotopic (exact) mass is 370 g/mol. The third kappa shape index (κ3) is 3.12. The van der Waals surface area contributed by atoms with Gasteiger partial charge in [0.05, 0.1) is 10.9 Å². The third-order valence-electron chi connectivity index (χ3n) is 5.19. The first-order chi connectivity index (χ1) is 12.6. The van der Waals surface area contributed by atoms with Crippen molar-refractivity contribution < 1.29 is 5.11 Å². The fraction of sp³-hybridized carbons (Fsp3) is 0.500. The molecule has 0 aliphatic carbocycles. The van der Waals surface area contributed by atoms with Crippen LogP contribution in [0.5, 0.6) is 5.88 Å². The van der Waals surface area contributed by atoms with Crippen LogP contribution in [0, 0.1) is 11.8 Å². The molecule has 6 heteroatoms. The molecule has 0 amide bonds. The van der Waals surface area contributed by atoms with Crippen LogP contribution >= 0.6 is 11.3 Å². The lowest BCUT2D eigenvalue weighted by Crippen LogP contribution is -2.41. The summed E-state index contributed by atoms with van der Waals surface area (Å²) in [6.07, 6.45) is 2.03. The standard InChI is InChI=1S/C20H26N4OS/c1-4-16-21-20-24(22-16)19(25)18(26-20)17(15-8-6-5-7-9-15)23-11-13(2)10-14(3)12-23/h5-9,13-14,17,25H,4,10-12H2,1-3H3/t13-,14+,17-/m1/s1. The van der Waals surface area contributed by atoms with E-state index in [2.05, 4.69) is 53.1 Å². The summed E-state index contributed by atoms with van der Waals surface area (Å²) >= 11 is 1.56. The van der Waals surface area contributed by atoms with Gasteiger partial charge in [-0.15, -0.1) is 5.10 Å². The average molecular weight is 371 g/mol. The molecule has 138 valence electrons. The van der Waals surface area contributed by atoms with Crippen molar-refractivity contribution in [2.45, 2.75) is 39.7 Å². The van der Waals surface area contributed by atoms with E-state index >= 15 is 0 Å². The predicted molar refractivity (Wildman–Crippen MR) is 105 cm³/mol. The second-order valence-electron chi connectivity index (χ2n) is 7.58. The van der Waals surface area contributed by atoms with Gasteiger partial charge >= 0.3 is 0 Å². The molecule has 3 heterocycles. The quantitative estimate of drug-likeness (QED) is 0.750. The number of nitrogens with zero attached hydrogens (tertiary/aromatic N) is 4. The molecule has 2 aromatic heterocycles. The fourth-order valence-electron chi connectivity index (χ4n) is 4.20. The normalized spacial score (nSPS) is 22.7. The van der Waals surface area contributed by atoms with Crippen molar-refractivity contribution in [1.29, 1.82) is 0 Å². The Kier molecular flexibility index (Phi) is 4.71. The zero-order valence-corrected chi connectivity index (χ0v) is 16.4. The first-order valence-electron chi connectivity index (χ1n) is 9.43. The molecule has 26 heavy (non-hydrogen) atoms. The molecule has 1 aliphatic rings. The van der Waals surface area contributed by atoms with E-state index in [1.54, 1.807) is 15.9 Å². The van der Waals surface area contributed by atoms with Gasteiger partial charge in [-0.2, -0.15) is 4.52 Å². The molecule has 1 fully saturated rings. The summed E-state index contributed by atoms with van der Waals surface area (Å²) < 4.78 is 1.60. The minimum absolute atomic E-state index is 0.0416. The van der Waals surface area contributed by atoms with Crippen molar-refractivity contribution in [2.75, 3.05) is 13.1 Å². The molecular weight excluding hydrogens is 344 g/mol. The van der Waals surface area contributed by atoms with Crippen molar-refractivity contribution in [1.82, 2.24) is 19.5 Å². The minimum atomic E-state index is 0.0416. The van der Waals surface area contributed by atoms with E-state index in [0.29, 0.717) is 11.8 Å². The summed E-state index contributed by atoms with van der Waals surface area (Å²) in [5, 5.41) is 15.4. The maximum atomic E-state index is 10.9. The molecule has 1 saturated heterocycles. The van der Waals surface area contributed by atoms with Crippen molar-refractivity contribution in [3.63, 3.8) is 0 Å². The lowest BCUT2D eigenvalue weighted by Gasteiger charge is -2.40. The second kappa shape index (κ2) is 7.00. The lowest BCUT2D eigenvalue weighted by molar-refractivity contribution is 0.112. The molecule has 0 bridgehead atoms. The van der Waals surface area contributed by atoms with E-state index in [4.69, 9.17) is 0 Å². The summed E-state index contributed by atoms with van der Waals surface area (Å²) in [6.45, 7) is 8.75. The molecule has 0 saturated carbocycles. The largest absolute Gasteiger partial charge is 0.492 e. The number of benzene rings is 1. The Hall–Kier alpha value is -1.92. The van der Waals surface area contributed by atoms with Gasteiger partial charge in [0.1, 0.15) is 0 Å². The Bertz CT molecular complexity index is 878. The van der Waals surface area contributed by atoms with Gasteiger partial charge in [-0.05, 0) is 23.8 Å². The van der Waals surface area contributed by atoms with Crippen molar-refractivity contribution >= 4 is 16.3 Å². The van der Waals surface area contributed by atoms with Gasteiger partial charge < -0.3 is 5.11 Å². The number of aromatic hydroxyl groups is 1. The highest BCUT2D eigenvalue weighted by molar-refractivity contribution is 7.17. The fourth-order valence-corrected chi connectivity index (χ4v) is 5.34. The first-order valence-corrected chi connectivity index (χ1v) is 10.2. The van der Waals surface area contributed by atoms with Crippen LogP contribution in [0.1, 0.15) is 49.5 Å². The van der Waals surface area contributed by atoms with Gasteiger partial charge in [0.15, 0.2) is 5.82 Å². The van der Waals surface area contributed by atoms with E-state index < -0.39 is 0 Å². The number of aromatic nitrogens is 3. The molecule has 1 N–H and O–H groups in total. The molecule has 3 aromatic rings. The van der Waals surface area contributed by atoms with Crippen LogP contribution in [0.4, 0.5) is 0 Å². The highest BCUT2D eigenvalue weighted by atomic mass is 32.1. The van der Waals surface area contributed by atoms with Crippen LogP contribution in [0.25, 0.3) is 4.96 Å². The van der Waals surface area contributed by atoms with E-state index in [1.165, 1.54) is 12.0 Å². The molecule has 1 aromatic carbocycles. The summed E-state index contributed by atoms with van der Waals surface area (Å²) in [4.78, 5) is 8.78. The van der Waals surface area contributed by atoms with Gasteiger partial charge in [-0.25, -0.2) is 4.98 Å². The average Bonchev–Trinajstić information content (AvgIpc) is 3.15. The molecule has 1 aliphatic heterocycles. The van der Waals surface area contributed by atoms with Gasteiger partial charge in [0.2, 0.25) is 10.8 Å². The Labute approximate surface area is 158 Å². The Morgan fingerprint density at radius 1 is 1.19 bits per heavy atom.